The van der Waals surface area contributed by atoms with Crippen LogP contribution in [0.25, 0.3) is 0 Å². The Morgan fingerprint density at radius 3 is 2.42 bits per heavy atom. The van der Waals surface area contributed by atoms with Crippen molar-refractivity contribution in [3.63, 3.8) is 0 Å². The summed E-state index contributed by atoms with van der Waals surface area (Å²) in [4.78, 5) is 20.7. The maximum Gasteiger partial charge on any atom is 0.306 e. The Morgan fingerprint density at radius 1 is 1.25 bits per heavy atom. The van der Waals surface area contributed by atoms with Gasteiger partial charge in [0.05, 0.1) is 19.4 Å². The third-order valence-electron chi connectivity index (χ3n) is 1.09. The fourth-order valence-corrected chi connectivity index (χ4v) is 0.520. The van der Waals surface area contributed by atoms with Gasteiger partial charge in [-0.05, 0) is 0 Å². The minimum absolute atomic E-state index is 0.0843. The molecule has 0 unspecified atom stereocenters. The molecule has 0 fully saturated rings. The quantitative estimate of drug-likeness (QED) is 0.457. The maximum atomic E-state index is 10.7. The molecule has 0 aromatic carbocycles. The number of aliphatic carboxylic acids is 1. The number of esters is 1. The van der Waals surface area contributed by atoms with Crippen molar-refractivity contribution in [2.24, 2.45) is 0 Å². The third-order valence-corrected chi connectivity index (χ3v) is 1.09. The van der Waals surface area contributed by atoms with Crippen LogP contribution in [0.1, 0.15) is 12.8 Å². The Bertz CT molecular complexity index is 154. The summed E-state index contributed by atoms with van der Waals surface area (Å²) >= 11 is 0. The molecule has 0 aliphatic rings. The molecule has 0 aliphatic carbocycles. The summed E-state index contributed by atoms with van der Waals surface area (Å²) in [6.07, 6.45) is -0.273. The van der Waals surface area contributed by atoms with Crippen molar-refractivity contribution in [2.75, 3.05) is 20.3 Å². The predicted octanol–water partition coefficient (Wildman–Crippen LogP) is 0.0408. The van der Waals surface area contributed by atoms with Crippen LogP contribution in [-0.2, 0) is 19.1 Å². The number of hydrogen-bond acceptors (Lipinski definition) is 4. The molecule has 0 amide bonds. The standard InChI is InChI=1S/C7H12O5/c1-11-4-5-12-7(10)3-2-6(8)9/h2-5H2,1H3,(H,8,9). The molecule has 0 heterocycles. The van der Waals surface area contributed by atoms with Gasteiger partial charge in [-0.2, -0.15) is 0 Å². The number of carboxylic acids is 1. The first kappa shape index (κ1) is 10.9. The van der Waals surface area contributed by atoms with E-state index in [4.69, 9.17) is 5.11 Å². The second-order valence-electron chi connectivity index (χ2n) is 2.11. The van der Waals surface area contributed by atoms with Crippen LogP contribution >= 0.6 is 0 Å². The maximum absolute atomic E-state index is 10.7. The third kappa shape index (κ3) is 7.01. The van der Waals surface area contributed by atoms with E-state index in [1.54, 1.807) is 0 Å². The summed E-state index contributed by atoms with van der Waals surface area (Å²) < 4.78 is 9.23. The Kier molecular flexibility index (Phi) is 6.00. The van der Waals surface area contributed by atoms with Gasteiger partial charge in [-0.25, -0.2) is 0 Å². The van der Waals surface area contributed by atoms with Crippen LogP contribution in [0.15, 0.2) is 0 Å². The van der Waals surface area contributed by atoms with Gasteiger partial charge in [0.2, 0.25) is 0 Å². The molecule has 0 bridgehead atoms. The number of carboxylic acid groups (broad SMARTS) is 1. The molecule has 5 heteroatoms. The number of hydrogen-bond donors (Lipinski definition) is 1. The van der Waals surface area contributed by atoms with Gasteiger partial charge in [-0.15, -0.1) is 0 Å². The molecule has 0 saturated carbocycles. The van der Waals surface area contributed by atoms with E-state index in [2.05, 4.69) is 9.47 Å². The van der Waals surface area contributed by atoms with Crippen molar-refractivity contribution < 1.29 is 24.2 Å². The lowest BCUT2D eigenvalue weighted by molar-refractivity contribution is -0.148. The fraction of sp³-hybridized carbons (Fsp3) is 0.714. The van der Waals surface area contributed by atoms with E-state index < -0.39 is 11.9 Å². The van der Waals surface area contributed by atoms with E-state index in [1.165, 1.54) is 7.11 Å². The average Bonchev–Trinajstić information content (AvgIpc) is 2.01. The molecule has 1 N–H and O–H groups in total. The van der Waals surface area contributed by atoms with Gasteiger partial charge in [0.15, 0.2) is 0 Å². The van der Waals surface area contributed by atoms with E-state index in [0.29, 0.717) is 6.61 Å². The van der Waals surface area contributed by atoms with Gasteiger partial charge < -0.3 is 14.6 Å². The van der Waals surface area contributed by atoms with E-state index >= 15 is 0 Å². The van der Waals surface area contributed by atoms with Gasteiger partial charge in [0, 0.05) is 7.11 Å². The van der Waals surface area contributed by atoms with Gasteiger partial charge in [0.25, 0.3) is 0 Å². The molecule has 0 aromatic heterocycles. The van der Waals surface area contributed by atoms with Crippen LogP contribution < -0.4 is 0 Å². The van der Waals surface area contributed by atoms with E-state index in [1.807, 2.05) is 0 Å². The number of ether oxygens (including phenoxy) is 2. The second-order valence-corrected chi connectivity index (χ2v) is 2.11. The first-order valence-corrected chi connectivity index (χ1v) is 3.53. The largest absolute Gasteiger partial charge is 0.481 e. The van der Waals surface area contributed by atoms with Crippen LogP contribution in [0.2, 0.25) is 0 Å². The van der Waals surface area contributed by atoms with Crippen LogP contribution in [0.5, 0.6) is 0 Å². The zero-order valence-corrected chi connectivity index (χ0v) is 6.91. The van der Waals surface area contributed by atoms with Crippen LogP contribution in [0, 0.1) is 0 Å². The monoisotopic (exact) mass is 176 g/mol. The minimum atomic E-state index is -1.00. The highest BCUT2D eigenvalue weighted by Gasteiger charge is 2.05. The van der Waals surface area contributed by atoms with Crippen LogP contribution in [0.3, 0.4) is 0 Å². The lowest BCUT2D eigenvalue weighted by Gasteiger charge is -2.01. The zero-order chi connectivity index (χ0) is 9.40. The number of carbonyl (C=O) groups excluding carboxylic acids is 1. The highest BCUT2D eigenvalue weighted by molar-refractivity contribution is 5.76. The predicted molar refractivity (Wildman–Crippen MR) is 39.7 cm³/mol. The molecule has 70 valence electrons. The molecule has 5 nitrogen and oxygen atoms in total. The molecule has 0 saturated heterocycles. The van der Waals surface area contributed by atoms with Crippen molar-refractivity contribution in [2.45, 2.75) is 12.8 Å². The first-order valence-electron chi connectivity index (χ1n) is 3.53. The molecule has 0 rings (SSSR count). The Hall–Kier alpha value is -1.10. The molecule has 0 aliphatic heterocycles. The van der Waals surface area contributed by atoms with Crippen LogP contribution in [0.4, 0.5) is 0 Å². The topological polar surface area (TPSA) is 72.8 Å². The van der Waals surface area contributed by atoms with Crippen molar-refractivity contribution >= 4 is 11.9 Å². The SMILES string of the molecule is COCCOC(=O)CCC(=O)O. The van der Waals surface area contributed by atoms with E-state index in [0.717, 1.165) is 0 Å². The minimum Gasteiger partial charge on any atom is -0.481 e. The van der Waals surface area contributed by atoms with Gasteiger partial charge in [0.1, 0.15) is 6.61 Å². The zero-order valence-electron chi connectivity index (χ0n) is 6.91. The number of rotatable bonds is 6. The first-order chi connectivity index (χ1) is 5.66. The molecular formula is C7H12O5. The van der Waals surface area contributed by atoms with Gasteiger partial charge in [-0.3, -0.25) is 9.59 Å². The van der Waals surface area contributed by atoms with Crippen molar-refractivity contribution in [1.82, 2.24) is 0 Å². The number of methoxy groups -OCH3 is 1. The molecular weight excluding hydrogens is 164 g/mol. The fourth-order valence-electron chi connectivity index (χ4n) is 0.520. The molecule has 0 aromatic rings. The van der Waals surface area contributed by atoms with Gasteiger partial charge >= 0.3 is 11.9 Å². The highest BCUT2D eigenvalue weighted by Crippen LogP contribution is 1.92. The molecule has 0 radical (unpaired) electrons. The normalized spacial score (nSPS) is 9.42. The lowest BCUT2D eigenvalue weighted by atomic mass is 10.3. The summed E-state index contributed by atoms with van der Waals surface area (Å²) in [5.74, 6) is -1.51. The number of carbonyl (C=O) groups is 2. The van der Waals surface area contributed by atoms with Crippen molar-refractivity contribution in [1.29, 1.82) is 0 Å². The smallest absolute Gasteiger partial charge is 0.306 e. The molecule has 0 spiro atoms. The summed E-state index contributed by atoms with van der Waals surface area (Å²) in [6.45, 7) is 0.508. The summed E-state index contributed by atoms with van der Waals surface area (Å²) in [6, 6.07) is 0. The van der Waals surface area contributed by atoms with Crippen molar-refractivity contribution in [3.05, 3.63) is 0 Å². The Morgan fingerprint density at radius 2 is 1.92 bits per heavy atom. The highest BCUT2D eigenvalue weighted by atomic mass is 16.6. The molecule has 12 heavy (non-hydrogen) atoms. The summed E-state index contributed by atoms with van der Waals surface area (Å²) in [5, 5.41) is 8.20. The second kappa shape index (κ2) is 6.60. The Balaban J connectivity index is 3.28. The lowest BCUT2D eigenvalue weighted by Crippen LogP contribution is -2.10. The average molecular weight is 176 g/mol. The summed E-state index contributed by atoms with van der Waals surface area (Å²) in [7, 11) is 1.49. The van der Waals surface area contributed by atoms with E-state index in [9.17, 15) is 9.59 Å². The Labute approximate surface area is 70.3 Å². The van der Waals surface area contributed by atoms with Gasteiger partial charge in [-0.1, -0.05) is 0 Å². The summed E-state index contributed by atoms with van der Waals surface area (Å²) in [5.41, 5.74) is 0. The van der Waals surface area contributed by atoms with Crippen LogP contribution in [-0.4, -0.2) is 37.4 Å². The van der Waals surface area contributed by atoms with Crippen molar-refractivity contribution in [3.8, 4) is 0 Å². The molecule has 0 atom stereocenters. The van der Waals surface area contributed by atoms with E-state index in [-0.39, 0.29) is 19.4 Å².